The molecule has 2 rings (SSSR count). The van der Waals surface area contributed by atoms with Crippen molar-refractivity contribution < 1.29 is 0 Å². The molecule has 2 N–H and O–H groups in total. The van der Waals surface area contributed by atoms with Gasteiger partial charge in [0, 0.05) is 7.05 Å². The number of hydrogen-bond donors (Lipinski definition) is 1. The predicted molar refractivity (Wildman–Crippen MR) is 45.3 cm³/mol. The monoisotopic (exact) mass is 166 g/mol. The van der Waals surface area contributed by atoms with E-state index >= 15 is 0 Å². The Morgan fingerprint density at radius 2 is 2.17 bits per heavy atom. The molecule has 1 aliphatic rings. The number of nitrogens with zero attached hydrogens (tertiary/aromatic N) is 3. The lowest BCUT2D eigenvalue weighted by atomic mass is 9.98. The highest BCUT2D eigenvalue weighted by Crippen LogP contribution is 2.34. The Hall–Kier alpha value is -0.900. The van der Waals surface area contributed by atoms with Crippen LogP contribution in [0.2, 0.25) is 0 Å². The number of aromatic nitrogens is 3. The first-order valence-electron chi connectivity index (χ1n) is 4.36. The molecule has 0 radical (unpaired) electrons. The summed E-state index contributed by atoms with van der Waals surface area (Å²) in [4.78, 5) is 0. The summed E-state index contributed by atoms with van der Waals surface area (Å²) in [6.45, 7) is 0. The second kappa shape index (κ2) is 2.55. The Morgan fingerprint density at radius 3 is 2.67 bits per heavy atom. The maximum Gasteiger partial charge on any atom is 0.152 e. The second-order valence-corrected chi connectivity index (χ2v) is 3.63. The standard InChI is InChI=1S/C8H14N4/c1-12-6-10-11-7(12)8(9)4-2-3-5-8/h6H,2-5,9H2,1H3. The summed E-state index contributed by atoms with van der Waals surface area (Å²) in [5, 5.41) is 7.90. The summed E-state index contributed by atoms with van der Waals surface area (Å²) >= 11 is 0. The van der Waals surface area contributed by atoms with E-state index in [1.54, 1.807) is 6.33 Å². The lowest BCUT2D eigenvalue weighted by Crippen LogP contribution is -2.36. The zero-order chi connectivity index (χ0) is 8.60. The zero-order valence-corrected chi connectivity index (χ0v) is 7.32. The summed E-state index contributed by atoms with van der Waals surface area (Å²) in [5.74, 6) is 0.931. The molecular weight excluding hydrogens is 152 g/mol. The topological polar surface area (TPSA) is 56.7 Å². The third-order valence-electron chi connectivity index (χ3n) is 2.65. The van der Waals surface area contributed by atoms with E-state index in [1.807, 2.05) is 11.6 Å². The van der Waals surface area contributed by atoms with E-state index in [9.17, 15) is 0 Å². The third kappa shape index (κ3) is 1.03. The van der Waals surface area contributed by atoms with Crippen LogP contribution in [0.5, 0.6) is 0 Å². The van der Waals surface area contributed by atoms with Crippen molar-refractivity contribution in [1.82, 2.24) is 14.8 Å². The van der Waals surface area contributed by atoms with Gasteiger partial charge in [-0.1, -0.05) is 12.8 Å². The Labute approximate surface area is 71.8 Å². The van der Waals surface area contributed by atoms with Crippen molar-refractivity contribution >= 4 is 0 Å². The Morgan fingerprint density at radius 1 is 1.50 bits per heavy atom. The lowest BCUT2D eigenvalue weighted by Gasteiger charge is -2.21. The number of aryl methyl sites for hydroxylation is 1. The van der Waals surface area contributed by atoms with Gasteiger partial charge in [0.05, 0.1) is 5.54 Å². The van der Waals surface area contributed by atoms with Crippen molar-refractivity contribution in [3.8, 4) is 0 Å². The van der Waals surface area contributed by atoms with Crippen LogP contribution in [0.15, 0.2) is 6.33 Å². The van der Waals surface area contributed by atoms with E-state index in [1.165, 1.54) is 12.8 Å². The smallest absolute Gasteiger partial charge is 0.152 e. The van der Waals surface area contributed by atoms with Gasteiger partial charge in [0.2, 0.25) is 0 Å². The fraction of sp³-hybridized carbons (Fsp3) is 0.750. The van der Waals surface area contributed by atoms with Gasteiger partial charge < -0.3 is 10.3 Å². The van der Waals surface area contributed by atoms with Crippen LogP contribution >= 0.6 is 0 Å². The molecule has 4 nitrogen and oxygen atoms in total. The van der Waals surface area contributed by atoms with Crippen molar-refractivity contribution in [2.45, 2.75) is 31.2 Å². The second-order valence-electron chi connectivity index (χ2n) is 3.63. The Bertz CT molecular complexity index is 272. The van der Waals surface area contributed by atoms with Crippen LogP contribution in [0.4, 0.5) is 0 Å². The average molecular weight is 166 g/mol. The van der Waals surface area contributed by atoms with E-state index < -0.39 is 0 Å². The normalized spacial score (nSPS) is 21.5. The highest BCUT2D eigenvalue weighted by molar-refractivity contribution is 5.06. The molecular formula is C8H14N4. The number of nitrogens with two attached hydrogens (primary N) is 1. The Kier molecular flexibility index (Phi) is 1.65. The van der Waals surface area contributed by atoms with Crippen molar-refractivity contribution in [2.24, 2.45) is 12.8 Å². The first kappa shape index (κ1) is 7.73. The SMILES string of the molecule is Cn1cnnc1C1(N)CCCC1. The first-order valence-corrected chi connectivity index (χ1v) is 4.36. The van der Waals surface area contributed by atoms with Gasteiger partial charge in [-0.15, -0.1) is 10.2 Å². The summed E-state index contributed by atoms with van der Waals surface area (Å²) in [7, 11) is 1.95. The highest BCUT2D eigenvalue weighted by Gasteiger charge is 2.34. The van der Waals surface area contributed by atoms with Gasteiger partial charge in [-0.05, 0) is 12.8 Å². The molecule has 4 heteroatoms. The molecule has 0 amide bonds. The van der Waals surface area contributed by atoms with Crippen molar-refractivity contribution in [1.29, 1.82) is 0 Å². The van der Waals surface area contributed by atoms with E-state index in [2.05, 4.69) is 10.2 Å². The molecule has 0 spiro atoms. The minimum atomic E-state index is -0.203. The predicted octanol–water partition coefficient (Wildman–Crippen LogP) is 0.543. The van der Waals surface area contributed by atoms with Crippen LogP contribution in [-0.2, 0) is 12.6 Å². The minimum Gasteiger partial charge on any atom is -0.319 e. The molecule has 0 bridgehead atoms. The minimum absolute atomic E-state index is 0.203. The van der Waals surface area contributed by atoms with Crippen molar-refractivity contribution in [3.63, 3.8) is 0 Å². The lowest BCUT2D eigenvalue weighted by molar-refractivity contribution is 0.416. The van der Waals surface area contributed by atoms with Gasteiger partial charge in [-0.25, -0.2) is 0 Å². The van der Waals surface area contributed by atoms with Gasteiger partial charge in [0.1, 0.15) is 6.33 Å². The largest absolute Gasteiger partial charge is 0.319 e. The third-order valence-corrected chi connectivity index (χ3v) is 2.65. The fourth-order valence-electron chi connectivity index (χ4n) is 1.96. The van der Waals surface area contributed by atoms with Gasteiger partial charge in [-0.2, -0.15) is 0 Å². The van der Waals surface area contributed by atoms with Gasteiger partial charge in [-0.3, -0.25) is 0 Å². The van der Waals surface area contributed by atoms with Crippen molar-refractivity contribution in [3.05, 3.63) is 12.2 Å². The maximum atomic E-state index is 6.20. The Balaban J connectivity index is 2.34. The summed E-state index contributed by atoms with van der Waals surface area (Å²) in [6.07, 6.45) is 6.22. The van der Waals surface area contributed by atoms with E-state index in [4.69, 9.17) is 5.73 Å². The van der Waals surface area contributed by atoms with Gasteiger partial charge >= 0.3 is 0 Å². The van der Waals surface area contributed by atoms with Crippen LogP contribution in [0.1, 0.15) is 31.5 Å². The van der Waals surface area contributed by atoms with Crippen molar-refractivity contribution in [2.75, 3.05) is 0 Å². The summed E-state index contributed by atoms with van der Waals surface area (Å²) < 4.78 is 1.92. The number of hydrogen-bond acceptors (Lipinski definition) is 3. The molecule has 1 aromatic rings. The maximum absolute atomic E-state index is 6.20. The molecule has 0 aromatic carbocycles. The molecule has 66 valence electrons. The van der Waals surface area contributed by atoms with Crippen LogP contribution in [0.3, 0.4) is 0 Å². The molecule has 1 heterocycles. The molecule has 12 heavy (non-hydrogen) atoms. The van der Waals surface area contributed by atoms with E-state index in [-0.39, 0.29) is 5.54 Å². The van der Waals surface area contributed by atoms with Gasteiger partial charge in [0.25, 0.3) is 0 Å². The molecule has 1 aliphatic carbocycles. The van der Waals surface area contributed by atoms with E-state index in [0.717, 1.165) is 18.7 Å². The molecule has 1 fully saturated rings. The molecule has 0 saturated heterocycles. The zero-order valence-electron chi connectivity index (χ0n) is 7.32. The molecule has 0 aliphatic heterocycles. The van der Waals surface area contributed by atoms with Crippen LogP contribution in [0.25, 0.3) is 0 Å². The highest BCUT2D eigenvalue weighted by atomic mass is 15.3. The molecule has 1 saturated carbocycles. The number of rotatable bonds is 1. The van der Waals surface area contributed by atoms with Crippen LogP contribution in [-0.4, -0.2) is 14.8 Å². The quantitative estimate of drug-likeness (QED) is 0.662. The van der Waals surface area contributed by atoms with Gasteiger partial charge in [0.15, 0.2) is 5.82 Å². The molecule has 0 unspecified atom stereocenters. The van der Waals surface area contributed by atoms with Crippen LogP contribution < -0.4 is 5.73 Å². The fourth-order valence-corrected chi connectivity index (χ4v) is 1.96. The van der Waals surface area contributed by atoms with Crippen LogP contribution in [0, 0.1) is 0 Å². The van der Waals surface area contributed by atoms with E-state index in [0.29, 0.717) is 0 Å². The molecule has 0 atom stereocenters. The molecule has 1 aromatic heterocycles. The summed E-state index contributed by atoms with van der Waals surface area (Å²) in [6, 6.07) is 0. The summed E-state index contributed by atoms with van der Waals surface area (Å²) in [5.41, 5.74) is 6.00. The first-order chi connectivity index (χ1) is 5.72. The average Bonchev–Trinajstić information content (AvgIpc) is 2.59.